The number of halogens is 1. The molecule has 0 spiro atoms. The Kier molecular flexibility index (Phi) is 11.9. The summed E-state index contributed by atoms with van der Waals surface area (Å²) >= 11 is 0. The van der Waals surface area contributed by atoms with Crippen LogP contribution in [-0.2, 0) is 4.79 Å². The molecule has 3 aliphatic rings. The summed E-state index contributed by atoms with van der Waals surface area (Å²) in [5.74, 6) is 1.68. The molecule has 0 aliphatic carbocycles. The highest BCUT2D eigenvalue weighted by Crippen LogP contribution is 2.40. The molecule has 1 amide bonds. The second-order valence-corrected chi connectivity index (χ2v) is 12.6. The lowest BCUT2D eigenvalue weighted by Crippen LogP contribution is -2.58. The van der Waals surface area contributed by atoms with Gasteiger partial charge in [-0.15, -0.1) is 0 Å². The number of piperazine rings is 1. The first kappa shape index (κ1) is 36.1. The maximum Gasteiger partial charge on any atom is 0.246 e. The lowest BCUT2D eigenvalue weighted by atomic mass is 10.00. The van der Waals surface area contributed by atoms with Gasteiger partial charge >= 0.3 is 0 Å². The highest BCUT2D eigenvalue weighted by molar-refractivity contribution is 6.12. The number of ether oxygens (including phenoxy) is 2. The Hall–Kier alpha value is -5.16. The summed E-state index contributed by atoms with van der Waals surface area (Å²) in [6.45, 7) is 12.7. The number of aryl methyl sites for hydroxylation is 2. The molecule has 3 aliphatic heterocycles. The SMILES string of the molecule is C/C=N\N1C=CC(Oc2cc(F)c(NC(=N/C=C/CC)c3c(C)ccc4c3OCC3CN(C(=O)/C=C/CN(C)C)CCN43)cc2C)=C/C1=C\C. The number of fused-ring (bicyclic) bond motifs is 3. The van der Waals surface area contributed by atoms with E-state index in [9.17, 15) is 4.79 Å². The van der Waals surface area contributed by atoms with Crippen LogP contribution in [0, 0.1) is 19.7 Å². The minimum absolute atomic E-state index is 0.0134. The van der Waals surface area contributed by atoms with E-state index in [1.807, 2.05) is 88.9 Å². The van der Waals surface area contributed by atoms with Crippen LogP contribution in [0.5, 0.6) is 11.5 Å². The van der Waals surface area contributed by atoms with Crippen LogP contribution in [0.2, 0.25) is 0 Å². The number of rotatable bonds is 10. The van der Waals surface area contributed by atoms with E-state index in [0.29, 0.717) is 55.9 Å². The number of carbonyl (C=O) groups is 1. The van der Waals surface area contributed by atoms with Gasteiger partial charge in [0.15, 0.2) is 5.75 Å². The molecule has 1 fully saturated rings. The third-order valence-electron chi connectivity index (χ3n) is 8.60. The normalized spacial score (nSPS) is 18.7. The van der Waals surface area contributed by atoms with Crippen LogP contribution in [0.1, 0.15) is 43.9 Å². The molecule has 264 valence electrons. The van der Waals surface area contributed by atoms with Crippen LogP contribution in [0.15, 0.2) is 94.7 Å². The fourth-order valence-corrected chi connectivity index (χ4v) is 6.02. The Morgan fingerprint density at radius 1 is 1.16 bits per heavy atom. The molecule has 1 atom stereocenters. The van der Waals surface area contributed by atoms with Crippen LogP contribution in [0.3, 0.4) is 0 Å². The summed E-state index contributed by atoms with van der Waals surface area (Å²) in [6, 6.07) is 7.23. The van der Waals surface area contributed by atoms with E-state index in [0.717, 1.165) is 34.5 Å². The summed E-state index contributed by atoms with van der Waals surface area (Å²) < 4.78 is 28.5. The second kappa shape index (κ2) is 16.5. The van der Waals surface area contributed by atoms with E-state index in [2.05, 4.69) is 21.4 Å². The minimum atomic E-state index is -0.481. The van der Waals surface area contributed by atoms with Gasteiger partial charge in [-0.1, -0.05) is 31.2 Å². The molecule has 0 bridgehead atoms. The van der Waals surface area contributed by atoms with Crippen molar-refractivity contribution in [2.45, 2.75) is 47.1 Å². The Morgan fingerprint density at radius 3 is 2.72 bits per heavy atom. The molecule has 1 N–H and O–H groups in total. The number of nitrogens with zero attached hydrogens (tertiary/aromatic N) is 6. The Labute approximate surface area is 295 Å². The summed E-state index contributed by atoms with van der Waals surface area (Å²) in [5.41, 5.74) is 4.49. The summed E-state index contributed by atoms with van der Waals surface area (Å²) in [4.78, 5) is 23.9. The molecule has 0 saturated carbocycles. The van der Waals surface area contributed by atoms with E-state index in [4.69, 9.17) is 14.5 Å². The molecule has 50 heavy (non-hydrogen) atoms. The van der Waals surface area contributed by atoms with Crippen LogP contribution in [0.4, 0.5) is 15.8 Å². The number of aliphatic imine (C=N–C) groups is 1. The Bertz CT molecular complexity index is 1790. The van der Waals surface area contributed by atoms with Crippen molar-refractivity contribution in [3.8, 4) is 11.5 Å². The van der Waals surface area contributed by atoms with Crippen molar-refractivity contribution < 1.29 is 18.7 Å². The number of amidine groups is 1. The van der Waals surface area contributed by atoms with Gasteiger partial charge in [0.05, 0.1) is 28.7 Å². The number of benzene rings is 2. The van der Waals surface area contributed by atoms with E-state index >= 15 is 4.39 Å². The fraction of sp³-hybridized carbons (Fsp3) is 0.359. The van der Waals surface area contributed by atoms with Crippen molar-refractivity contribution in [1.29, 1.82) is 0 Å². The molecular formula is C39H48FN7O3. The molecule has 2 aromatic carbocycles. The molecule has 0 radical (unpaired) electrons. The van der Waals surface area contributed by atoms with Gasteiger partial charge < -0.3 is 29.5 Å². The lowest BCUT2D eigenvalue weighted by molar-refractivity contribution is -0.127. The molecule has 3 heterocycles. The summed E-state index contributed by atoms with van der Waals surface area (Å²) in [7, 11) is 3.95. The molecule has 11 heteroatoms. The first-order valence-electron chi connectivity index (χ1n) is 17.1. The van der Waals surface area contributed by atoms with Crippen molar-refractivity contribution in [2.75, 3.05) is 57.1 Å². The summed E-state index contributed by atoms with van der Waals surface area (Å²) in [5, 5.41) is 9.34. The third-order valence-corrected chi connectivity index (χ3v) is 8.60. The van der Waals surface area contributed by atoms with Crippen molar-refractivity contribution in [1.82, 2.24) is 14.8 Å². The molecule has 5 rings (SSSR count). The first-order chi connectivity index (χ1) is 24.1. The average Bonchev–Trinajstić information content (AvgIpc) is 3.10. The zero-order valence-corrected chi connectivity index (χ0v) is 30.1. The van der Waals surface area contributed by atoms with Gasteiger partial charge in [0.1, 0.15) is 29.8 Å². The number of hydrazone groups is 1. The zero-order chi connectivity index (χ0) is 35.8. The predicted molar refractivity (Wildman–Crippen MR) is 200 cm³/mol. The molecule has 2 aromatic rings. The van der Waals surface area contributed by atoms with Gasteiger partial charge in [0.2, 0.25) is 5.91 Å². The van der Waals surface area contributed by atoms with Gasteiger partial charge in [-0.3, -0.25) is 4.79 Å². The van der Waals surface area contributed by atoms with Gasteiger partial charge in [-0.2, -0.15) is 5.10 Å². The standard InChI is InChI=1S/C39H48FN7O3/c1-8-11-17-41-39(43-33-22-28(5)35(24-32(33)40)50-31-16-19-47(42-10-3)29(9-2)23-31)37-27(4)14-15-34-38(37)49-26-30-25-45(20-21-46(30)34)36(48)13-12-18-44(6)7/h9-17,19,22-24,30H,8,18,20-21,25-26H2,1-7H3,(H,41,43)/b13-12+,17-11+,29-9+,42-10-. The number of amides is 1. The number of nitrogens with one attached hydrogen (secondary N) is 1. The Balaban J connectivity index is 1.40. The second-order valence-electron chi connectivity index (χ2n) is 12.6. The van der Waals surface area contributed by atoms with Crippen molar-refractivity contribution in [3.63, 3.8) is 0 Å². The predicted octanol–water partition coefficient (Wildman–Crippen LogP) is 6.75. The van der Waals surface area contributed by atoms with Crippen molar-refractivity contribution in [3.05, 3.63) is 107 Å². The highest BCUT2D eigenvalue weighted by atomic mass is 19.1. The Morgan fingerprint density at radius 2 is 1.98 bits per heavy atom. The van der Waals surface area contributed by atoms with Crippen LogP contribution < -0.4 is 19.7 Å². The molecule has 1 unspecified atom stereocenters. The number of allylic oxidation sites excluding steroid dienone is 4. The molecule has 10 nitrogen and oxygen atoms in total. The van der Waals surface area contributed by atoms with E-state index < -0.39 is 5.82 Å². The fourth-order valence-electron chi connectivity index (χ4n) is 6.02. The van der Waals surface area contributed by atoms with Crippen LogP contribution in [0.25, 0.3) is 0 Å². The molecule has 0 aromatic heterocycles. The number of likely N-dealkylation sites (N-methyl/N-ethyl adjacent to an activating group) is 1. The number of carbonyl (C=O) groups excluding carboxylic acids is 1. The average molecular weight is 682 g/mol. The number of anilines is 2. The van der Waals surface area contributed by atoms with Crippen LogP contribution in [-0.4, -0.2) is 85.7 Å². The highest BCUT2D eigenvalue weighted by Gasteiger charge is 2.36. The van der Waals surface area contributed by atoms with E-state index in [1.54, 1.807) is 41.8 Å². The maximum absolute atomic E-state index is 15.9. The smallest absolute Gasteiger partial charge is 0.246 e. The topological polar surface area (TPSA) is 85.2 Å². The van der Waals surface area contributed by atoms with E-state index in [1.165, 1.54) is 6.07 Å². The van der Waals surface area contributed by atoms with Gasteiger partial charge in [0.25, 0.3) is 0 Å². The molecule has 1 saturated heterocycles. The maximum atomic E-state index is 15.9. The lowest BCUT2D eigenvalue weighted by Gasteiger charge is -2.46. The third kappa shape index (κ3) is 8.34. The largest absolute Gasteiger partial charge is 0.488 e. The number of hydrogen-bond acceptors (Lipinski definition) is 8. The van der Waals surface area contributed by atoms with Crippen LogP contribution >= 0.6 is 0 Å². The minimum Gasteiger partial charge on any atom is -0.488 e. The first-order valence-corrected chi connectivity index (χ1v) is 17.1. The quantitative estimate of drug-likeness (QED) is 0.169. The van der Waals surface area contributed by atoms with Gasteiger partial charge in [-0.25, -0.2) is 14.4 Å². The number of hydrogen-bond donors (Lipinski definition) is 1. The molecular weight excluding hydrogens is 633 g/mol. The monoisotopic (exact) mass is 681 g/mol. The van der Waals surface area contributed by atoms with Crippen molar-refractivity contribution >= 4 is 29.3 Å². The zero-order valence-electron chi connectivity index (χ0n) is 30.1. The van der Waals surface area contributed by atoms with E-state index in [-0.39, 0.29) is 17.6 Å². The summed E-state index contributed by atoms with van der Waals surface area (Å²) in [6.07, 6.45) is 17.1. The van der Waals surface area contributed by atoms with Crippen molar-refractivity contribution in [2.24, 2.45) is 10.1 Å². The van der Waals surface area contributed by atoms with Gasteiger partial charge in [0, 0.05) is 63.0 Å². The van der Waals surface area contributed by atoms with Gasteiger partial charge in [-0.05, 0) is 77.5 Å².